The van der Waals surface area contributed by atoms with E-state index in [0.717, 1.165) is 11.5 Å². The average Bonchev–Trinajstić information content (AvgIpc) is 2.63. The fraction of sp³-hybridized carbons (Fsp3) is 0.615. The van der Waals surface area contributed by atoms with Gasteiger partial charge in [0.25, 0.3) is 0 Å². The van der Waals surface area contributed by atoms with E-state index in [1.165, 1.54) is 0 Å². The molecular weight excluding hydrogens is 216 g/mol. The van der Waals surface area contributed by atoms with Crippen LogP contribution in [0.1, 0.15) is 44.8 Å². The topological polar surface area (TPSA) is 68.3 Å². The first-order chi connectivity index (χ1) is 7.90. The van der Waals surface area contributed by atoms with E-state index in [0.29, 0.717) is 12.3 Å². The summed E-state index contributed by atoms with van der Waals surface area (Å²) in [5.74, 6) is 1.89. The van der Waals surface area contributed by atoms with Crippen LogP contribution in [0.4, 0.5) is 0 Å². The van der Waals surface area contributed by atoms with Crippen molar-refractivity contribution in [2.45, 2.75) is 46.2 Å². The standard InChI is InChI=1S/C13H22N2O2/c1-8(2)7-11(14)13(16)15-10(4)12-6-5-9(3)17-12/h5-6,8,10-11H,7,14H2,1-4H3,(H,15,16)/t10?,11-/m0/s1. The minimum absolute atomic E-state index is 0.125. The van der Waals surface area contributed by atoms with Crippen molar-refractivity contribution in [1.82, 2.24) is 5.32 Å². The number of nitrogens with two attached hydrogens (primary N) is 1. The van der Waals surface area contributed by atoms with Crippen LogP contribution >= 0.6 is 0 Å². The Morgan fingerprint density at radius 3 is 2.53 bits per heavy atom. The van der Waals surface area contributed by atoms with Gasteiger partial charge in [0, 0.05) is 0 Å². The third-order valence-corrected chi connectivity index (χ3v) is 2.61. The zero-order valence-electron chi connectivity index (χ0n) is 11.0. The summed E-state index contributed by atoms with van der Waals surface area (Å²) in [5, 5.41) is 2.86. The van der Waals surface area contributed by atoms with Crippen molar-refractivity contribution in [1.29, 1.82) is 0 Å². The third kappa shape index (κ3) is 4.23. The van der Waals surface area contributed by atoms with Crippen molar-refractivity contribution in [2.24, 2.45) is 11.7 Å². The van der Waals surface area contributed by atoms with Gasteiger partial charge in [-0.25, -0.2) is 0 Å². The summed E-state index contributed by atoms with van der Waals surface area (Å²) in [6.45, 7) is 7.86. The maximum absolute atomic E-state index is 11.8. The Morgan fingerprint density at radius 2 is 2.06 bits per heavy atom. The first kappa shape index (κ1) is 13.8. The van der Waals surface area contributed by atoms with E-state index in [1.807, 2.05) is 39.8 Å². The molecule has 4 heteroatoms. The lowest BCUT2D eigenvalue weighted by Crippen LogP contribution is -2.42. The SMILES string of the molecule is Cc1ccc(C(C)NC(=O)[C@@H](N)CC(C)C)o1. The number of aryl methyl sites for hydroxylation is 1. The first-order valence-corrected chi connectivity index (χ1v) is 6.02. The summed E-state index contributed by atoms with van der Waals surface area (Å²) >= 11 is 0. The van der Waals surface area contributed by atoms with Crippen LogP contribution in [0.15, 0.2) is 16.5 Å². The smallest absolute Gasteiger partial charge is 0.237 e. The molecule has 0 radical (unpaired) electrons. The fourth-order valence-corrected chi connectivity index (χ4v) is 1.69. The molecule has 3 N–H and O–H groups in total. The molecule has 0 bridgehead atoms. The van der Waals surface area contributed by atoms with Gasteiger partial charge >= 0.3 is 0 Å². The molecule has 0 aliphatic rings. The van der Waals surface area contributed by atoms with Gasteiger partial charge in [-0.2, -0.15) is 0 Å². The molecule has 96 valence electrons. The largest absolute Gasteiger partial charge is 0.464 e. The molecule has 1 aromatic heterocycles. The molecule has 0 fully saturated rings. The Morgan fingerprint density at radius 1 is 1.41 bits per heavy atom. The highest BCUT2D eigenvalue weighted by molar-refractivity contribution is 5.81. The molecule has 0 saturated carbocycles. The van der Waals surface area contributed by atoms with Crippen LogP contribution in [0.5, 0.6) is 0 Å². The molecule has 4 nitrogen and oxygen atoms in total. The Hall–Kier alpha value is -1.29. The highest BCUT2D eigenvalue weighted by Gasteiger charge is 2.18. The minimum Gasteiger partial charge on any atom is -0.464 e. The Labute approximate surface area is 103 Å². The van der Waals surface area contributed by atoms with E-state index < -0.39 is 6.04 Å². The van der Waals surface area contributed by atoms with Crippen molar-refractivity contribution in [3.05, 3.63) is 23.7 Å². The number of carbonyl (C=O) groups is 1. The number of hydrogen-bond acceptors (Lipinski definition) is 3. The van der Waals surface area contributed by atoms with Crippen LogP contribution < -0.4 is 11.1 Å². The summed E-state index contributed by atoms with van der Waals surface area (Å²) in [4.78, 5) is 11.8. The van der Waals surface area contributed by atoms with Gasteiger partial charge in [0.05, 0.1) is 12.1 Å². The Bertz CT molecular complexity index is 371. The molecule has 0 aliphatic heterocycles. The number of hydrogen-bond donors (Lipinski definition) is 2. The highest BCUT2D eigenvalue weighted by atomic mass is 16.3. The van der Waals surface area contributed by atoms with E-state index >= 15 is 0 Å². The molecule has 1 heterocycles. The summed E-state index contributed by atoms with van der Waals surface area (Å²) < 4.78 is 5.45. The molecule has 0 saturated heterocycles. The van der Waals surface area contributed by atoms with E-state index in [-0.39, 0.29) is 11.9 Å². The van der Waals surface area contributed by atoms with Crippen molar-refractivity contribution >= 4 is 5.91 Å². The molecule has 0 spiro atoms. The number of carbonyl (C=O) groups excluding carboxylic acids is 1. The maximum atomic E-state index is 11.8. The van der Waals surface area contributed by atoms with Crippen molar-refractivity contribution in [3.63, 3.8) is 0 Å². The molecule has 0 aromatic carbocycles. The van der Waals surface area contributed by atoms with Crippen LogP contribution in [0.2, 0.25) is 0 Å². The zero-order valence-corrected chi connectivity index (χ0v) is 11.0. The first-order valence-electron chi connectivity index (χ1n) is 6.02. The van der Waals surface area contributed by atoms with Crippen molar-refractivity contribution in [2.75, 3.05) is 0 Å². The average molecular weight is 238 g/mol. The van der Waals surface area contributed by atoms with Crippen molar-refractivity contribution in [3.8, 4) is 0 Å². The van der Waals surface area contributed by atoms with E-state index in [9.17, 15) is 4.79 Å². The fourth-order valence-electron chi connectivity index (χ4n) is 1.69. The molecule has 1 unspecified atom stereocenters. The maximum Gasteiger partial charge on any atom is 0.237 e. The van der Waals surface area contributed by atoms with Gasteiger partial charge in [0.1, 0.15) is 11.5 Å². The van der Waals surface area contributed by atoms with Gasteiger partial charge in [0.2, 0.25) is 5.91 Å². The highest BCUT2D eigenvalue weighted by Crippen LogP contribution is 2.15. The van der Waals surface area contributed by atoms with Crippen LogP contribution in [0.3, 0.4) is 0 Å². The van der Waals surface area contributed by atoms with Crippen LogP contribution in [0, 0.1) is 12.8 Å². The van der Waals surface area contributed by atoms with Gasteiger partial charge in [-0.15, -0.1) is 0 Å². The number of amides is 1. The summed E-state index contributed by atoms with van der Waals surface area (Å²) in [5.41, 5.74) is 5.81. The summed E-state index contributed by atoms with van der Waals surface area (Å²) in [7, 11) is 0. The Balaban J connectivity index is 2.51. The second-order valence-corrected chi connectivity index (χ2v) is 4.91. The normalized spacial score (nSPS) is 14.7. The molecule has 1 amide bonds. The van der Waals surface area contributed by atoms with Gasteiger partial charge in [-0.1, -0.05) is 13.8 Å². The molecule has 1 rings (SSSR count). The molecule has 2 atom stereocenters. The van der Waals surface area contributed by atoms with Crippen LogP contribution in [0.25, 0.3) is 0 Å². The van der Waals surface area contributed by atoms with E-state index in [4.69, 9.17) is 10.2 Å². The van der Waals surface area contributed by atoms with E-state index in [2.05, 4.69) is 5.32 Å². The van der Waals surface area contributed by atoms with Crippen molar-refractivity contribution < 1.29 is 9.21 Å². The summed E-state index contributed by atoms with van der Waals surface area (Å²) in [6, 6.07) is 3.16. The lowest BCUT2D eigenvalue weighted by Gasteiger charge is -2.17. The van der Waals surface area contributed by atoms with Crippen LogP contribution in [-0.4, -0.2) is 11.9 Å². The Kier molecular flexibility index (Phi) is 4.75. The molecule has 1 aromatic rings. The minimum atomic E-state index is -0.450. The molecule has 17 heavy (non-hydrogen) atoms. The summed E-state index contributed by atoms with van der Waals surface area (Å²) in [6.07, 6.45) is 0.690. The number of rotatable bonds is 5. The zero-order chi connectivity index (χ0) is 13.0. The quantitative estimate of drug-likeness (QED) is 0.825. The van der Waals surface area contributed by atoms with Crippen LogP contribution in [-0.2, 0) is 4.79 Å². The van der Waals surface area contributed by atoms with Gasteiger partial charge in [-0.3, -0.25) is 4.79 Å². The van der Waals surface area contributed by atoms with Gasteiger partial charge in [0.15, 0.2) is 0 Å². The van der Waals surface area contributed by atoms with Gasteiger partial charge in [-0.05, 0) is 38.3 Å². The second kappa shape index (κ2) is 5.87. The second-order valence-electron chi connectivity index (χ2n) is 4.91. The number of nitrogens with one attached hydrogen (secondary N) is 1. The molecular formula is C13H22N2O2. The lowest BCUT2D eigenvalue weighted by molar-refractivity contribution is -0.123. The monoisotopic (exact) mass is 238 g/mol. The van der Waals surface area contributed by atoms with Gasteiger partial charge < -0.3 is 15.5 Å². The third-order valence-electron chi connectivity index (χ3n) is 2.61. The molecule has 0 aliphatic carbocycles. The number of furan rings is 1. The lowest BCUT2D eigenvalue weighted by atomic mass is 10.0. The predicted molar refractivity (Wildman–Crippen MR) is 67.4 cm³/mol. The predicted octanol–water partition coefficient (Wildman–Crippen LogP) is 2.14. The van der Waals surface area contributed by atoms with E-state index in [1.54, 1.807) is 0 Å².